The fourth-order valence-corrected chi connectivity index (χ4v) is 1.34. The quantitative estimate of drug-likeness (QED) is 0.804. The number of rotatable bonds is 1. The van der Waals surface area contributed by atoms with E-state index in [4.69, 9.17) is 5.73 Å². The SMILES string of the molecule is NC(=O)c1ncc2ccc(C(F)(F)F)cn12. The molecule has 0 saturated heterocycles. The molecule has 0 saturated carbocycles. The predicted octanol–water partition coefficient (Wildman–Crippen LogP) is 1.45. The van der Waals surface area contributed by atoms with Crippen LogP contribution in [0.2, 0.25) is 0 Å². The van der Waals surface area contributed by atoms with Crippen LogP contribution in [-0.4, -0.2) is 15.3 Å². The Morgan fingerprint density at radius 1 is 1.38 bits per heavy atom. The Bertz CT molecular complexity index is 559. The number of amides is 1. The predicted molar refractivity (Wildman–Crippen MR) is 48.7 cm³/mol. The Hall–Kier alpha value is -2.05. The lowest BCUT2D eigenvalue weighted by Gasteiger charge is -2.07. The molecule has 0 aromatic carbocycles. The highest BCUT2D eigenvalue weighted by molar-refractivity contribution is 5.90. The smallest absolute Gasteiger partial charge is 0.363 e. The van der Waals surface area contributed by atoms with Gasteiger partial charge in [-0.05, 0) is 12.1 Å². The van der Waals surface area contributed by atoms with Crippen molar-refractivity contribution in [2.75, 3.05) is 0 Å². The highest BCUT2D eigenvalue weighted by atomic mass is 19.4. The molecule has 1 amide bonds. The Labute approximate surface area is 87.5 Å². The average Bonchev–Trinajstić information content (AvgIpc) is 2.58. The number of hydrogen-bond acceptors (Lipinski definition) is 2. The van der Waals surface area contributed by atoms with Crippen LogP contribution in [0, 0.1) is 0 Å². The van der Waals surface area contributed by atoms with Crippen LogP contribution in [0.5, 0.6) is 0 Å². The number of nitrogens with zero attached hydrogens (tertiary/aromatic N) is 2. The minimum Gasteiger partial charge on any atom is -0.363 e. The van der Waals surface area contributed by atoms with Crippen LogP contribution >= 0.6 is 0 Å². The van der Waals surface area contributed by atoms with Crippen LogP contribution in [0.3, 0.4) is 0 Å². The van der Waals surface area contributed by atoms with E-state index in [-0.39, 0.29) is 5.82 Å². The van der Waals surface area contributed by atoms with E-state index in [0.717, 1.165) is 16.7 Å². The molecule has 2 N–H and O–H groups in total. The first kappa shape index (κ1) is 10.5. The third-order valence-electron chi connectivity index (χ3n) is 2.08. The monoisotopic (exact) mass is 229 g/mol. The van der Waals surface area contributed by atoms with Crippen molar-refractivity contribution in [2.45, 2.75) is 6.18 Å². The lowest BCUT2D eigenvalue weighted by Crippen LogP contribution is -2.16. The summed E-state index contributed by atoms with van der Waals surface area (Å²) in [5, 5.41) is 0. The second kappa shape index (κ2) is 3.22. The van der Waals surface area contributed by atoms with Gasteiger partial charge in [-0.3, -0.25) is 9.20 Å². The van der Waals surface area contributed by atoms with Gasteiger partial charge in [-0.1, -0.05) is 0 Å². The largest absolute Gasteiger partial charge is 0.417 e. The van der Waals surface area contributed by atoms with E-state index in [1.807, 2.05) is 0 Å². The summed E-state index contributed by atoms with van der Waals surface area (Å²) < 4.78 is 38.2. The average molecular weight is 229 g/mol. The maximum absolute atomic E-state index is 12.4. The van der Waals surface area contributed by atoms with Crippen LogP contribution in [0.25, 0.3) is 5.52 Å². The number of fused-ring (bicyclic) bond motifs is 1. The zero-order valence-electron chi connectivity index (χ0n) is 7.82. The molecule has 0 aliphatic heterocycles. The van der Waals surface area contributed by atoms with Gasteiger partial charge in [0.25, 0.3) is 5.91 Å². The van der Waals surface area contributed by atoms with Crippen molar-refractivity contribution in [1.82, 2.24) is 9.38 Å². The number of nitrogens with two attached hydrogens (primary N) is 1. The van der Waals surface area contributed by atoms with Gasteiger partial charge in [-0.25, -0.2) is 4.98 Å². The number of alkyl halides is 3. The molecular formula is C9H6F3N3O. The maximum atomic E-state index is 12.4. The Kier molecular flexibility index (Phi) is 2.11. The highest BCUT2D eigenvalue weighted by Gasteiger charge is 2.31. The van der Waals surface area contributed by atoms with Crippen molar-refractivity contribution < 1.29 is 18.0 Å². The maximum Gasteiger partial charge on any atom is 0.417 e. The van der Waals surface area contributed by atoms with E-state index >= 15 is 0 Å². The Morgan fingerprint density at radius 2 is 2.06 bits per heavy atom. The van der Waals surface area contributed by atoms with Gasteiger partial charge in [-0.2, -0.15) is 13.2 Å². The van der Waals surface area contributed by atoms with Crippen molar-refractivity contribution >= 4 is 11.4 Å². The number of primary amides is 1. The van der Waals surface area contributed by atoms with Crippen molar-refractivity contribution in [3.8, 4) is 0 Å². The van der Waals surface area contributed by atoms with E-state index in [1.54, 1.807) is 0 Å². The van der Waals surface area contributed by atoms with Gasteiger partial charge in [0, 0.05) is 6.20 Å². The van der Waals surface area contributed by atoms with Crippen LogP contribution in [0.15, 0.2) is 24.5 Å². The minimum absolute atomic E-state index is 0.221. The number of halogens is 3. The molecule has 0 spiro atoms. The van der Waals surface area contributed by atoms with Gasteiger partial charge in [0.05, 0.1) is 17.3 Å². The summed E-state index contributed by atoms with van der Waals surface area (Å²) in [6.45, 7) is 0. The first-order chi connectivity index (χ1) is 7.39. The number of hydrogen-bond donors (Lipinski definition) is 1. The fraction of sp³-hybridized carbons (Fsp3) is 0.111. The number of aromatic nitrogens is 2. The number of pyridine rings is 1. The van der Waals surface area contributed by atoms with E-state index in [9.17, 15) is 18.0 Å². The standard InChI is InChI=1S/C9H6F3N3O/c10-9(11,12)5-1-2-6-3-14-8(7(13)16)15(6)4-5/h1-4H,(H2,13,16). The molecule has 84 valence electrons. The molecular weight excluding hydrogens is 223 g/mol. The zero-order valence-corrected chi connectivity index (χ0v) is 7.82. The second-order valence-electron chi connectivity index (χ2n) is 3.16. The molecule has 0 unspecified atom stereocenters. The minimum atomic E-state index is -4.46. The van der Waals surface area contributed by atoms with Crippen LogP contribution in [0.1, 0.15) is 16.2 Å². The van der Waals surface area contributed by atoms with Crippen LogP contribution in [0.4, 0.5) is 13.2 Å². The van der Waals surface area contributed by atoms with Crippen LogP contribution in [-0.2, 0) is 6.18 Å². The van der Waals surface area contributed by atoms with Crippen molar-refractivity contribution in [3.63, 3.8) is 0 Å². The third-order valence-corrected chi connectivity index (χ3v) is 2.08. The van der Waals surface area contributed by atoms with Gasteiger partial charge < -0.3 is 5.73 Å². The normalized spacial score (nSPS) is 11.9. The second-order valence-corrected chi connectivity index (χ2v) is 3.16. The highest BCUT2D eigenvalue weighted by Crippen LogP contribution is 2.29. The lowest BCUT2D eigenvalue weighted by molar-refractivity contribution is -0.137. The molecule has 7 heteroatoms. The molecule has 2 aromatic rings. The molecule has 0 aliphatic carbocycles. The van der Waals surface area contributed by atoms with Gasteiger partial charge in [0.2, 0.25) is 5.82 Å². The third kappa shape index (κ3) is 1.60. The lowest BCUT2D eigenvalue weighted by atomic mass is 10.2. The summed E-state index contributed by atoms with van der Waals surface area (Å²) in [4.78, 5) is 14.5. The molecule has 2 aromatic heterocycles. The first-order valence-corrected chi connectivity index (χ1v) is 4.23. The van der Waals surface area contributed by atoms with Crippen molar-refractivity contribution in [1.29, 1.82) is 0 Å². The van der Waals surface area contributed by atoms with Gasteiger partial charge >= 0.3 is 6.18 Å². The molecule has 0 atom stereocenters. The number of carbonyl (C=O) groups is 1. The summed E-state index contributed by atoms with van der Waals surface area (Å²) in [6, 6.07) is 2.14. The Morgan fingerprint density at radius 3 is 2.62 bits per heavy atom. The van der Waals surface area contributed by atoms with Crippen molar-refractivity contribution in [2.24, 2.45) is 5.73 Å². The number of imidazole rings is 1. The van der Waals surface area contributed by atoms with E-state index < -0.39 is 17.6 Å². The zero-order chi connectivity index (χ0) is 11.9. The van der Waals surface area contributed by atoms with Crippen molar-refractivity contribution in [3.05, 3.63) is 35.9 Å². The van der Waals surface area contributed by atoms with Gasteiger partial charge in [0.15, 0.2) is 0 Å². The van der Waals surface area contributed by atoms with Crippen LogP contribution < -0.4 is 5.73 Å². The van der Waals surface area contributed by atoms with Gasteiger partial charge in [0.1, 0.15) is 0 Å². The summed E-state index contributed by atoms with van der Waals surface area (Å²) in [6.07, 6.45) is -2.39. The Balaban J connectivity index is 2.68. The molecule has 0 radical (unpaired) electrons. The molecule has 16 heavy (non-hydrogen) atoms. The summed E-state index contributed by atoms with van der Waals surface area (Å²) in [5.74, 6) is -1.10. The molecule has 2 rings (SSSR count). The molecule has 2 heterocycles. The molecule has 0 aliphatic rings. The topological polar surface area (TPSA) is 60.4 Å². The first-order valence-electron chi connectivity index (χ1n) is 4.23. The molecule has 0 fully saturated rings. The summed E-state index contributed by atoms with van der Waals surface area (Å²) in [7, 11) is 0. The summed E-state index contributed by atoms with van der Waals surface area (Å²) in [5.41, 5.74) is 4.50. The summed E-state index contributed by atoms with van der Waals surface area (Å²) >= 11 is 0. The van der Waals surface area contributed by atoms with E-state index in [1.165, 1.54) is 12.3 Å². The molecule has 0 bridgehead atoms. The van der Waals surface area contributed by atoms with Gasteiger partial charge in [-0.15, -0.1) is 0 Å². The fourth-order valence-electron chi connectivity index (χ4n) is 1.34. The molecule has 4 nitrogen and oxygen atoms in total. The number of carbonyl (C=O) groups excluding carboxylic acids is 1. The van der Waals surface area contributed by atoms with E-state index in [2.05, 4.69) is 4.98 Å². The van der Waals surface area contributed by atoms with E-state index in [0.29, 0.717) is 5.52 Å².